The second kappa shape index (κ2) is 3.36. The minimum atomic E-state index is -0.834. The van der Waals surface area contributed by atoms with Crippen molar-refractivity contribution >= 4 is 7.85 Å². The molecule has 2 radical (unpaired) electrons. The van der Waals surface area contributed by atoms with Crippen LogP contribution in [0.3, 0.4) is 0 Å². The zero-order chi connectivity index (χ0) is 9.35. The van der Waals surface area contributed by atoms with Gasteiger partial charge in [-0.2, -0.15) is 0 Å². The molecular weight excluding hydrogens is 155 g/mol. The molecule has 1 rings (SSSR count). The molecule has 1 saturated heterocycles. The highest BCUT2D eigenvalue weighted by Crippen LogP contribution is 2.35. The van der Waals surface area contributed by atoms with Crippen molar-refractivity contribution in [2.24, 2.45) is 5.92 Å². The third kappa shape index (κ3) is 1.28. The Kier molecular flexibility index (Phi) is 2.81. The summed E-state index contributed by atoms with van der Waals surface area (Å²) < 4.78 is 5.35. The molecule has 1 fully saturated rings. The first-order valence-electron chi connectivity index (χ1n) is 4.29. The third-order valence-corrected chi connectivity index (χ3v) is 2.79. The first kappa shape index (κ1) is 10.0. The van der Waals surface area contributed by atoms with Crippen molar-refractivity contribution in [3.05, 3.63) is 0 Å². The van der Waals surface area contributed by atoms with Gasteiger partial charge in [-0.1, -0.05) is 13.8 Å². The number of hydrogen-bond donors (Lipinski definition) is 2. The molecule has 0 aromatic heterocycles. The van der Waals surface area contributed by atoms with Crippen LogP contribution in [0, 0.1) is 5.92 Å². The van der Waals surface area contributed by atoms with Gasteiger partial charge in [-0.05, 0) is 6.42 Å². The summed E-state index contributed by atoms with van der Waals surface area (Å²) in [6, 6.07) is -0.466. The van der Waals surface area contributed by atoms with Gasteiger partial charge < -0.3 is 14.9 Å². The van der Waals surface area contributed by atoms with E-state index in [4.69, 9.17) is 17.7 Å². The highest BCUT2D eigenvalue weighted by molar-refractivity contribution is 6.11. The lowest BCUT2D eigenvalue weighted by atomic mass is 9.82. The fraction of sp³-hybridized carbons (Fsp3) is 1.00. The molecule has 0 aromatic rings. The van der Waals surface area contributed by atoms with Crippen LogP contribution in [0.1, 0.15) is 20.3 Å². The Morgan fingerprint density at radius 2 is 2.17 bits per heavy atom. The molecule has 4 unspecified atom stereocenters. The summed E-state index contributed by atoms with van der Waals surface area (Å²) in [5.74, 6) is -0.114. The quantitative estimate of drug-likeness (QED) is 0.557. The minimum absolute atomic E-state index is 0.114. The lowest BCUT2D eigenvalue weighted by Crippen LogP contribution is -2.43. The molecule has 4 heteroatoms. The molecule has 68 valence electrons. The summed E-state index contributed by atoms with van der Waals surface area (Å²) in [5, 5.41) is 18.8. The second-order valence-electron chi connectivity index (χ2n) is 3.46. The molecule has 1 aliphatic rings. The first-order chi connectivity index (χ1) is 5.57. The smallest absolute Gasteiger partial charge is 0.116 e. The van der Waals surface area contributed by atoms with Crippen LogP contribution in [0.25, 0.3) is 0 Å². The van der Waals surface area contributed by atoms with Gasteiger partial charge in [-0.3, -0.25) is 0 Å². The summed E-state index contributed by atoms with van der Waals surface area (Å²) in [6.07, 6.45) is -0.0922. The maximum atomic E-state index is 9.71. The number of aliphatic hydroxyl groups excluding tert-OH is 2. The molecule has 12 heavy (non-hydrogen) atoms. The fourth-order valence-electron chi connectivity index (χ4n) is 1.64. The molecule has 0 amide bonds. The van der Waals surface area contributed by atoms with Gasteiger partial charge in [0.25, 0.3) is 0 Å². The number of rotatable bonds is 2. The molecule has 1 aliphatic heterocycles. The number of ether oxygens (including phenoxy) is 1. The van der Waals surface area contributed by atoms with E-state index in [0.29, 0.717) is 6.42 Å². The molecular formula is C8H15BO3. The van der Waals surface area contributed by atoms with E-state index in [9.17, 15) is 5.11 Å². The van der Waals surface area contributed by atoms with E-state index in [0.717, 1.165) is 0 Å². The molecule has 0 spiro atoms. The van der Waals surface area contributed by atoms with E-state index in [-0.39, 0.29) is 12.5 Å². The fourth-order valence-corrected chi connectivity index (χ4v) is 1.64. The molecule has 1 heterocycles. The summed E-state index contributed by atoms with van der Waals surface area (Å²) in [6.45, 7) is 3.51. The Balaban J connectivity index is 2.79. The summed E-state index contributed by atoms with van der Waals surface area (Å²) in [4.78, 5) is 0. The van der Waals surface area contributed by atoms with Gasteiger partial charge in [0.05, 0.1) is 12.7 Å². The summed E-state index contributed by atoms with van der Waals surface area (Å²) >= 11 is 0. The predicted octanol–water partition coefficient (Wildman–Crippen LogP) is -0.351. The largest absolute Gasteiger partial charge is 0.393 e. The average molecular weight is 170 g/mol. The Bertz CT molecular complexity index is 158. The van der Waals surface area contributed by atoms with Crippen molar-refractivity contribution in [3.8, 4) is 0 Å². The predicted molar refractivity (Wildman–Crippen MR) is 45.9 cm³/mol. The molecule has 0 aromatic carbocycles. The van der Waals surface area contributed by atoms with Crippen LogP contribution in [-0.2, 0) is 4.74 Å². The van der Waals surface area contributed by atoms with Crippen molar-refractivity contribution in [1.82, 2.24) is 0 Å². The maximum Gasteiger partial charge on any atom is 0.116 e. The van der Waals surface area contributed by atoms with E-state index in [1.807, 2.05) is 13.8 Å². The standard InChI is InChI=1S/C8H15BO3/c1-3-8(4-10)6(11)5(2)7(9)12-8/h5-7,10-11H,3-4H2,1-2H3. The average Bonchev–Trinajstić information content (AvgIpc) is 2.30. The van der Waals surface area contributed by atoms with E-state index in [1.165, 1.54) is 0 Å². The van der Waals surface area contributed by atoms with Gasteiger partial charge in [0.2, 0.25) is 0 Å². The number of aliphatic hydroxyl groups is 2. The molecule has 2 N–H and O–H groups in total. The van der Waals surface area contributed by atoms with Crippen LogP contribution < -0.4 is 0 Å². The van der Waals surface area contributed by atoms with Gasteiger partial charge in [-0.15, -0.1) is 0 Å². The first-order valence-corrected chi connectivity index (χ1v) is 4.29. The topological polar surface area (TPSA) is 49.7 Å². The Morgan fingerprint density at radius 1 is 1.58 bits per heavy atom. The SMILES string of the molecule is [B]C1OC(CC)(CO)C(O)C1C. The van der Waals surface area contributed by atoms with E-state index < -0.39 is 17.7 Å². The molecule has 0 saturated carbocycles. The van der Waals surface area contributed by atoms with Crippen LogP contribution in [-0.4, -0.2) is 42.4 Å². The Morgan fingerprint density at radius 3 is 2.33 bits per heavy atom. The van der Waals surface area contributed by atoms with E-state index >= 15 is 0 Å². The van der Waals surface area contributed by atoms with Crippen molar-refractivity contribution in [2.75, 3.05) is 6.61 Å². The van der Waals surface area contributed by atoms with Crippen LogP contribution in [0.2, 0.25) is 0 Å². The van der Waals surface area contributed by atoms with E-state index in [1.54, 1.807) is 0 Å². The molecule has 3 nitrogen and oxygen atoms in total. The van der Waals surface area contributed by atoms with Crippen molar-refractivity contribution in [1.29, 1.82) is 0 Å². The molecule has 0 aliphatic carbocycles. The molecule has 4 atom stereocenters. The van der Waals surface area contributed by atoms with Gasteiger partial charge in [-0.25, -0.2) is 0 Å². The Hall–Kier alpha value is -0.0551. The summed E-state index contributed by atoms with van der Waals surface area (Å²) in [5.41, 5.74) is -0.834. The van der Waals surface area contributed by atoms with Crippen LogP contribution in [0.5, 0.6) is 0 Å². The van der Waals surface area contributed by atoms with Crippen LogP contribution >= 0.6 is 0 Å². The van der Waals surface area contributed by atoms with Crippen molar-refractivity contribution in [3.63, 3.8) is 0 Å². The normalized spacial score (nSPS) is 48.2. The molecule has 0 bridgehead atoms. The van der Waals surface area contributed by atoms with E-state index in [2.05, 4.69) is 0 Å². The maximum absolute atomic E-state index is 9.71. The van der Waals surface area contributed by atoms with Gasteiger partial charge >= 0.3 is 0 Å². The monoisotopic (exact) mass is 170 g/mol. The van der Waals surface area contributed by atoms with Gasteiger partial charge in [0.1, 0.15) is 13.4 Å². The summed E-state index contributed by atoms with van der Waals surface area (Å²) in [7, 11) is 5.60. The zero-order valence-electron chi connectivity index (χ0n) is 7.53. The second-order valence-corrected chi connectivity index (χ2v) is 3.46. The van der Waals surface area contributed by atoms with Gasteiger partial charge in [0.15, 0.2) is 0 Å². The highest BCUT2D eigenvalue weighted by atomic mass is 16.5. The minimum Gasteiger partial charge on any atom is -0.393 e. The lowest BCUT2D eigenvalue weighted by molar-refractivity contribution is -0.0999. The lowest BCUT2D eigenvalue weighted by Gasteiger charge is -2.29. The Labute approximate surface area is 74.1 Å². The van der Waals surface area contributed by atoms with Crippen molar-refractivity contribution in [2.45, 2.75) is 38.0 Å². The zero-order valence-corrected chi connectivity index (χ0v) is 7.53. The van der Waals surface area contributed by atoms with Crippen LogP contribution in [0.4, 0.5) is 0 Å². The van der Waals surface area contributed by atoms with Crippen LogP contribution in [0.15, 0.2) is 0 Å². The third-order valence-electron chi connectivity index (χ3n) is 2.79. The van der Waals surface area contributed by atoms with Crippen molar-refractivity contribution < 1.29 is 14.9 Å². The highest BCUT2D eigenvalue weighted by Gasteiger charge is 2.48. The van der Waals surface area contributed by atoms with Gasteiger partial charge in [0, 0.05) is 11.9 Å². The number of hydrogen-bond acceptors (Lipinski definition) is 3.